The van der Waals surface area contributed by atoms with Gasteiger partial charge in [-0.2, -0.15) is 0 Å². The summed E-state index contributed by atoms with van der Waals surface area (Å²) < 4.78 is 5.85. The van der Waals surface area contributed by atoms with Gasteiger partial charge in [0.2, 0.25) is 5.91 Å². The molecular weight excluding hydrogens is 330 g/mol. The van der Waals surface area contributed by atoms with Gasteiger partial charge < -0.3 is 9.64 Å². The first-order chi connectivity index (χ1) is 12.3. The van der Waals surface area contributed by atoms with Gasteiger partial charge in [0.25, 0.3) is 0 Å². The van der Waals surface area contributed by atoms with Crippen LogP contribution in [0.5, 0.6) is 5.75 Å². The number of carbonyl (C=O) groups excluding carboxylic acids is 1. The second-order valence-electron chi connectivity index (χ2n) is 6.26. The molecule has 0 aliphatic carbocycles. The molecule has 0 spiro atoms. The highest BCUT2D eigenvalue weighted by Gasteiger charge is 2.29. The van der Waals surface area contributed by atoms with Crippen molar-refractivity contribution in [3.05, 3.63) is 65.7 Å². The summed E-state index contributed by atoms with van der Waals surface area (Å²) in [4.78, 5) is 14.4. The van der Waals surface area contributed by atoms with Gasteiger partial charge in [0, 0.05) is 18.7 Å². The summed E-state index contributed by atoms with van der Waals surface area (Å²) in [7, 11) is 0. The van der Waals surface area contributed by atoms with Crippen LogP contribution in [0.25, 0.3) is 0 Å². The van der Waals surface area contributed by atoms with Crippen LogP contribution in [0.4, 0.5) is 0 Å². The van der Waals surface area contributed by atoms with Crippen LogP contribution >= 0.6 is 11.8 Å². The van der Waals surface area contributed by atoms with Crippen LogP contribution < -0.4 is 4.74 Å². The van der Waals surface area contributed by atoms with E-state index in [9.17, 15) is 4.79 Å². The molecule has 1 aliphatic rings. The zero-order valence-corrected chi connectivity index (χ0v) is 15.5. The Hall–Kier alpha value is -1.94. The molecule has 3 nitrogen and oxygen atoms in total. The maximum absolute atomic E-state index is 12.4. The zero-order valence-electron chi connectivity index (χ0n) is 14.7. The van der Waals surface area contributed by atoms with Crippen molar-refractivity contribution >= 4 is 17.7 Å². The van der Waals surface area contributed by atoms with Gasteiger partial charge in [-0.25, -0.2) is 0 Å². The van der Waals surface area contributed by atoms with E-state index >= 15 is 0 Å². The molecule has 1 atom stereocenters. The number of amides is 1. The van der Waals surface area contributed by atoms with Crippen molar-refractivity contribution in [2.24, 2.45) is 0 Å². The Bertz CT molecular complexity index is 672. The number of thioether (sulfide) groups is 1. The second-order valence-corrected chi connectivity index (χ2v) is 7.45. The first-order valence-electron chi connectivity index (χ1n) is 8.95. The number of benzene rings is 2. The van der Waals surface area contributed by atoms with Gasteiger partial charge in [-0.3, -0.25) is 4.79 Å². The van der Waals surface area contributed by atoms with Crippen molar-refractivity contribution in [1.29, 1.82) is 0 Å². The number of carbonyl (C=O) groups is 1. The fourth-order valence-corrected chi connectivity index (χ4v) is 4.22. The molecule has 25 heavy (non-hydrogen) atoms. The van der Waals surface area contributed by atoms with E-state index in [1.807, 2.05) is 47.0 Å². The van der Waals surface area contributed by atoms with Gasteiger partial charge in [-0.15, -0.1) is 11.8 Å². The van der Waals surface area contributed by atoms with E-state index in [1.165, 1.54) is 5.56 Å². The van der Waals surface area contributed by atoms with Crippen LogP contribution in [0, 0.1) is 0 Å². The Morgan fingerprint density at radius 2 is 1.92 bits per heavy atom. The van der Waals surface area contributed by atoms with Crippen molar-refractivity contribution in [1.82, 2.24) is 4.90 Å². The molecule has 2 aromatic carbocycles. The highest BCUT2D eigenvalue weighted by Crippen LogP contribution is 2.38. The molecule has 0 bridgehead atoms. The minimum absolute atomic E-state index is 0.146. The third kappa shape index (κ3) is 4.79. The van der Waals surface area contributed by atoms with Gasteiger partial charge in [0.15, 0.2) is 0 Å². The van der Waals surface area contributed by atoms with Crippen molar-refractivity contribution < 1.29 is 9.53 Å². The molecule has 2 aromatic rings. The minimum Gasteiger partial charge on any atom is -0.489 e. The van der Waals surface area contributed by atoms with Crippen LogP contribution in [0.1, 0.15) is 42.7 Å². The third-order valence-electron chi connectivity index (χ3n) is 4.37. The summed E-state index contributed by atoms with van der Waals surface area (Å²) in [6.07, 6.45) is 2.69. The van der Waals surface area contributed by atoms with E-state index < -0.39 is 0 Å². The van der Waals surface area contributed by atoms with Gasteiger partial charge >= 0.3 is 0 Å². The molecule has 1 fully saturated rings. The highest BCUT2D eigenvalue weighted by molar-refractivity contribution is 7.99. The molecule has 0 N–H and O–H groups in total. The molecule has 1 amide bonds. The van der Waals surface area contributed by atoms with Crippen LogP contribution in [-0.4, -0.2) is 23.1 Å². The number of rotatable bonds is 7. The van der Waals surface area contributed by atoms with Gasteiger partial charge in [-0.05, 0) is 29.7 Å². The van der Waals surface area contributed by atoms with Crippen LogP contribution in [0.2, 0.25) is 0 Å². The minimum atomic E-state index is 0.146. The molecule has 0 radical (unpaired) electrons. The van der Waals surface area contributed by atoms with E-state index in [2.05, 4.69) is 31.2 Å². The number of unbranched alkanes of at least 4 members (excludes halogenated alkanes) is 1. The molecule has 0 saturated carbocycles. The molecule has 0 unspecified atom stereocenters. The van der Waals surface area contributed by atoms with E-state index in [4.69, 9.17) is 4.74 Å². The van der Waals surface area contributed by atoms with E-state index in [-0.39, 0.29) is 11.3 Å². The number of hydrogen-bond donors (Lipinski definition) is 0. The molecule has 4 heteroatoms. The molecule has 1 heterocycles. The molecule has 132 valence electrons. The normalized spacial score (nSPS) is 16.8. The van der Waals surface area contributed by atoms with E-state index in [1.54, 1.807) is 0 Å². The molecular formula is C21H25NO2S. The van der Waals surface area contributed by atoms with Gasteiger partial charge in [-0.1, -0.05) is 55.8 Å². The Morgan fingerprint density at radius 1 is 1.16 bits per heavy atom. The Labute approximate surface area is 154 Å². The summed E-state index contributed by atoms with van der Waals surface area (Å²) in [6.45, 7) is 3.54. The summed E-state index contributed by atoms with van der Waals surface area (Å²) in [6, 6.07) is 18.3. The maximum atomic E-state index is 12.4. The Morgan fingerprint density at radius 3 is 2.64 bits per heavy atom. The summed E-state index contributed by atoms with van der Waals surface area (Å²) in [5, 5.41) is 0.146. The molecule has 1 saturated heterocycles. The first-order valence-corrected chi connectivity index (χ1v) is 10.0. The zero-order chi connectivity index (χ0) is 17.5. The summed E-state index contributed by atoms with van der Waals surface area (Å²) in [5.74, 6) is 2.15. The van der Waals surface area contributed by atoms with Crippen molar-refractivity contribution in [3.8, 4) is 5.75 Å². The summed E-state index contributed by atoms with van der Waals surface area (Å²) >= 11 is 1.85. The lowest BCUT2D eigenvalue weighted by atomic mass is 10.1. The Kier molecular flexibility index (Phi) is 6.40. The van der Waals surface area contributed by atoms with E-state index in [0.717, 1.165) is 36.5 Å². The average Bonchev–Trinajstić information content (AvgIpc) is 3.15. The van der Waals surface area contributed by atoms with Gasteiger partial charge in [0.05, 0.1) is 0 Å². The van der Waals surface area contributed by atoms with Crippen molar-refractivity contribution in [2.75, 3.05) is 12.3 Å². The summed E-state index contributed by atoms with van der Waals surface area (Å²) in [5.41, 5.74) is 2.34. The predicted octanol–water partition coefficient (Wildman–Crippen LogP) is 5.03. The third-order valence-corrected chi connectivity index (χ3v) is 5.63. The van der Waals surface area contributed by atoms with Crippen LogP contribution in [0.3, 0.4) is 0 Å². The lowest BCUT2D eigenvalue weighted by molar-refractivity contribution is -0.131. The number of hydrogen-bond acceptors (Lipinski definition) is 3. The molecule has 3 rings (SSSR count). The highest BCUT2D eigenvalue weighted by atomic mass is 32.2. The largest absolute Gasteiger partial charge is 0.489 e. The van der Waals surface area contributed by atoms with E-state index in [0.29, 0.717) is 13.0 Å². The van der Waals surface area contributed by atoms with Crippen molar-refractivity contribution in [3.63, 3.8) is 0 Å². The Balaban J connectivity index is 1.60. The number of nitrogens with zero attached hydrogens (tertiary/aromatic N) is 1. The lowest BCUT2D eigenvalue weighted by Gasteiger charge is -2.24. The monoisotopic (exact) mass is 355 g/mol. The predicted molar refractivity (Wildman–Crippen MR) is 104 cm³/mol. The fraction of sp³-hybridized carbons (Fsp3) is 0.381. The van der Waals surface area contributed by atoms with Crippen LogP contribution in [0.15, 0.2) is 54.6 Å². The standard InChI is InChI=1S/C21H25NO2S/c1-2-3-9-20(23)22-14-15-25-21(22)18-10-12-19(13-11-18)24-16-17-7-5-4-6-8-17/h4-8,10-13,21H,2-3,9,14-16H2,1H3/t21-/m1/s1. The topological polar surface area (TPSA) is 29.5 Å². The van der Waals surface area contributed by atoms with Crippen molar-refractivity contribution in [2.45, 2.75) is 38.2 Å². The van der Waals surface area contributed by atoms with Crippen LogP contribution in [-0.2, 0) is 11.4 Å². The fourth-order valence-electron chi connectivity index (χ4n) is 2.94. The quantitative estimate of drug-likeness (QED) is 0.698. The smallest absolute Gasteiger partial charge is 0.223 e. The SMILES string of the molecule is CCCCC(=O)N1CCS[C@@H]1c1ccc(OCc2ccccc2)cc1. The number of ether oxygens (including phenoxy) is 1. The maximum Gasteiger partial charge on any atom is 0.223 e. The molecule has 0 aromatic heterocycles. The molecule has 1 aliphatic heterocycles. The van der Waals surface area contributed by atoms with Gasteiger partial charge in [0.1, 0.15) is 17.7 Å². The lowest BCUT2D eigenvalue weighted by Crippen LogP contribution is -2.30. The first kappa shape index (κ1) is 17.9. The average molecular weight is 356 g/mol. The second kappa shape index (κ2) is 8.95.